The maximum absolute atomic E-state index is 10.7. The summed E-state index contributed by atoms with van der Waals surface area (Å²) in [6.45, 7) is 15.0. The van der Waals surface area contributed by atoms with Gasteiger partial charge in [0.25, 0.3) is 0 Å². The highest BCUT2D eigenvalue weighted by Crippen LogP contribution is 2.17. The lowest BCUT2D eigenvalue weighted by Crippen LogP contribution is -2.37. The second kappa shape index (κ2) is 17.2. The lowest BCUT2D eigenvalue weighted by molar-refractivity contribution is -0.118. The molecule has 6 nitrogen and oxygen atoms in total. The molecule has 178 valence electrons. The monoisotopic (exact) mass is 453 g/mol. The summed E-state index contributed by atoms with van der Waals surface area (Å²) in [4.78, 5) is 23.6. The van der Waals surface area contributed by atoms with Crippen LogP contribution in [0.4, 0.5) is 5.69 Å². The van der Waals surface area contributed by atoms with Gasteiger partial charge in [0, 0.05) is 44.0 Å². The van der Waals surface area contributed by atoms with Gasteiger partial charge in [0.05, 0.1) is 24.6 Å². The maximum atomic E-state index is 10.7. The first kappa shape index (κ1) is 29.6. The van der Waals surface area contributed by atoms with Crippen molar-refractivity contribution in [3.8, 4) is 0 Å². The summed E-state index contributed by atoms with van der Waals surface area (Å²) in [6, 6.07) is 8.53. The van der Waals surface area contributed by atoms with E-state index in [-0.39, 0.29) is 25.0 Å². The number of nitrogens with one attached hydrogen (secondary N) is 2. The van der Waals surface area contributed by atoms with Gasteiger partial charge in [-0.1, -0.05) is 25.1 Å². The summed E-state index contributed by atoms with van der Waals surface area (Å²) in [5.74, 6) is 1.47. The third-order valence-corrected chi connectivity index (χ3v) is 5.92. The molecule has 7 heteroatoms. The molecule has 2 heterocycles. The molecule has 0 bridgehead atoms. The van der Waals surface area contributed by atoms with Crippen LogP contribution in [0.2, 0.25) is 0 Å². The van der Waals surface area contributed by atoms with Crippen molar-refractivity contribution in [3.05, 3.63) is 29.8 Å². The number of hydrogen-bond acceptors (Lipinski definition) is 7. The molecule has 0 spiro atoms. The average Bonchev–Trinajstić information content (AvgIpc) is 3.17. The van der Waals surface area contributed by atoms with Gasteiger partial charge in [-0.25, -0.2) is 0 Å². The molecule has 1 aromatic rings. The lowest BCUT2D eigenvalue weighted by Gasteiger charge is -2.25. The maximum Gasteiger partial charge on any atom is 0.147 e. The topological polar surface area (TPSA) is 70.7 Å². The fourth-order valence-corrected chi connectivity index (χ4v) is 3.94. The molecular weight excluding hydrogens is 410 g/mol. The second-order valence-electron chi connectivity index (χ2n) is 7.61. The van der Waals surface area contributed by atoms with Crippen LogP contribution in [-0.4, -0.2) is 73.0 Å². The zero-order valence-electron chi connectivity index (χ0n) is 19.2. The number of hydrogen-bond donors (Lipinski definition) is 2. The number of morpholine rings is 1. The minimum atomic E-state index is 0. The van der Waals surface area contributed by atoms with Crippen LogP contribution < -0.4 is 10.6 Å². The number of Topliss-reactive ketones (excluding diaryl/α,β-unsaturated/α-hetero) is 2. The van der Waals surface area contributed by atoms with Gasteiger partial charge in [-0.15, -0.1) is 11.8 Å². The fourth-order valence-electron chi connectivity index (χ4n) is 2.87. The number of aryl methyl sites for hydroxylation is 1. The van der Waals surface area contributed by atoms with Crippen molar-refractivity contribution in [3.63, 3.8) is 0 Å². The Labute approximate surface area is 193 Å². The van der Waals surface area contributed by atoms with Gasteiger partial charge in [0.1, 0.15) is 11.6 Å². The summed E-state index contributed by atoms with van der Waals surface area (Å²) in [5.41, 5.74) is 2.51. The van der Waals surface area contributed by atoms with E-state index in [2.05, 4.69) is 60.6 Å². The Balaban J connectivity index is 0.000000431. The molecule has 0 radical (unpaired) electrons. The molecule has 3 rings (SSSR count). The van der Waals surface area contributed by atoms with Crippen LogP contribution in [0.5, 0.6) is 0 Å². The van der Waals surface area contributed by atoms with Gasteiger partial charge in [-0.05, 0) is 46.8 Å². The minimum Gasteiger partial charge on any atom is -0.385 e. The highest BCUT2D eigenvalue weighted by atomic mass is 32.2. The van der Waals surface area contributed by atoms with E-state index in [1.54, 1.807) is 25.6 Å². The predicted molar refractivity (Wildman–Crippen MR) is 134 cm³/mol. The van der Waals surface area contributed by atoms with Crippen LogP contribution in [0.1, 0.15) is 47.1 Å². The lowest BCUT2D eigenvalue weighted by atomic mass is 10.2. The van der Waals surface area contributed by atoms with Crippen molar-refractivity contribution in [1.82, 2.24) is 10.2 Å². The molecule has 0 aromatic heterocycles. The van der Waals surface area contributed by atoms with E-state index < -0.39 is 0 Å². The van der Waals surface area contributed by atoms with Crippen molar-refractivity contribution >= 4 is 29.0 Å². The number of carbonyl (C=O) groups excluding carboxylic acids is 2. The van der Waals surface area contributed by atoms with Gasteiger partial charge in [-0.2, -0.15) is 0 Å². The molecule has 0 saturated carbocycles. The standard InChI is InChI=1S/C9H13N.C8H15NO2.C6H11NOS.CH4/c1-3-10-9-6-4-8(2)5-7-9;1-8(10)2-3-9-4-6-11-7-5-9;1-4(8)6-3-9-5(2)7-6;/h4-7,10H,3H2,1-2H3;2-7H2,1H3;5-7H,3H2,1-2H3;1H4. The number of ketones is 2. The Morgan fingerprint density at radius 2 is 1.81 bits per heavy atom. The predicted octanol–water partition coefficient (Wildman–Crippen LogP) is 3.99. The zero-order chi connectivity index (χ0) is 22.4. The number of thioether (sulfide) groups is 1. The molecule has 2 saturated heterocycles. The van der Waals surface area contributed by atoms with Gasteiger partial charge < -0.3 is 10.1 Å². The Morgan fingerprint density at radius 1 is 1.19 bits per heavy atom. The SMILES string of the molecule is C.CC(=O)C1CSC(C)N1.CC(=O)CCN1CCOCC1.CCNc1ccc(C)cc1. The second-order valence-corrected chi connectivity index (χ2v) is 8.98. The smallest absolute Gasteiger partial charge is 0.147 e. The van der Waals surface area contributed by atoms with Gasteiger partial charge in [-0.3, -0.25) is 19.8 Å². The Bertz CT molecular complexity index is 619. The van der Waals surface area contributed by atoms with Crippen LogP contribution in [0, 0.1) is 6.92 Å². The molecule has 1 aromatic carbocycles. The number of carbonyl (C=O) groups is 2. The van der Waals surface area contributed by atoms with Crippen LogP contribution in [-0.2, 0) is 14.3 Å². The van der Waals surface area contributed by atoms with Gasteiger partial charge in [0.15, 0.2) is 0 Å². The first-order chi connectivity index (χ1) is 14.3. The first-order valence-electron chi connectivity index (χ1n) is 10.8. The van der Waals surface area contributed by atoms with Crippen LogP contribution in [0.15, 0.2) is 24.3 Å². The van der Waals surface area contributed by atoms with Gasteiger partial charge in [0.2, 0.25) is 0 Å². The number of anilines is 1. The first-order valence-corrected chi connectivity index (χ1v) is 11.8. The molecule has 31 heavy (non-hydrogen) atoms. The molecule has 0 amide bonds. The number of rotatable bonds is 6. The molecule has 2 aliphatic rings. The Kier molecular flexibility index (Phi) is 16.4. The van der Waals surface area contributed by atoms with Crippen molar-refractivity contribution in [1.29, 1.82) is 0 Å². The molecule has 0 aliphatic carbocycles. The summed E-state index contributed by atoms with van der Waals surface area (Å²) in [6.07, 6.45) is 0.681. The van der Waals surface area contributed by atoms with E-state index >= 15 is 0 Å². The average molecular weight is 454 g/mol. The van der Waals surface area contributed by atoms with Crippen molar-refractivity contribution in [2.24, 2.45) is 0 Å². The van der Waals surface area contributed by atoms with Crippen molar-refractivity contribution < 1.29 is 14.3 Å². The molecule has 2 fully saturated rings. The highest BCUT2D eigenvalue weighted by molar-refractivity contribution is 8.00. The Morgan fingerprint density at radius 3 is 2.23 bits per heavy atom. The number of ether oxygens (including phenoxy) is 1. The molecule has 2 N–H and O–H groups in total. The van der Waals surface area contributed by atoms with E-state index in [0.29, 0.717) is 11.8 Å². The molecular formula is C24H43N3O3S. The zero-order valence-corrected chi connectivity index (χ0v) is 20.0. The summed E-state index contributed by atoms with van der Waals surface area (Å²) in [7, 11) is 0. The van der Waals surface area contributed by atoms with E-state index in [9.17, 15) is 9.59 Å². The quantitative estimate of drug-likeness (QED) is 0.675. The van der Waals surface area contributed by atoms with Gasteiger partial charge >= 0.3 is 0 Å². The summed E-state index contributed by atoms with van der Waals surface area (Å²) < 4.78 is 5.18. The van der Waals surface area contributed by atoms with Crippen LogP contribution >= 0.6 is 11.8 Å². The fraction of sp³-hybridized carbons (Fsp3) is 0.667. The largest absolute Gasteiger partial charge is 0.385 e. The van der Waals surface area contributed by atoms with E-state index in [1.165, 1.54) is 11.3 Å². The van der Waals surface area contributed by atoms with E-state index in [1.807, 2.05) is 0 Å². The summed E-state index contributed by atoms with van der Waals surface area (Å²) >= 11 is 1.80. The number of benzene rings is 1. The minimum absolute atomic E-state index is 0. The molecule has 2 atom stereocenters. The van der Waals surface area contributed by atoms with E-state index in [4.69, 9.17) is 4.74 Å². The van der Waals surface area contributed by atoms with Crippen LogP contribution in [0.25, 0.3) is 0 Å². The third kappa shape index (κ3) is 14.3. The van der Waals surface area contributed by atoms with Crippen molar-refractivity contribution in [2.45, 2.75) is 59.9 Å². The highest BCUT2D eigenvalue weighted by Gasteiger charge is 2.23. The van der Waals surface area contributed by atoms with Crippen molar-refractivity contribution in [2.75, 3.05) is 50.5 Å². The normalized spacial score (nSPS) is 20.3. The third-order valence-electron chi connectivity index (χ3n) is 4.76. The Hall–Kier alpha value is -1.41. The number of nitrogens with zero attached hydrogens (tertiary/aromatic N) is 1. The van der Waals surface area contributed by atoms with E-state index in [0.717, 1.165) is 45.1 Å². The molecule has 2 aliphatic heterocycles. The summed E-state index contributed by atoms with van der Waals surface area (Å²) in [5, 5.41) is 6.86. The molecule has 2 unspecified atom stereocenters. The van der Waals surface area contributed by atoms with Crippen LogP contribution in [0.3, 0.4) is 0 Å².